The van der Waals surface area contributed by atoms with Crippen molar-refractivity contribution in [1.29, 1.82) is 0 Å². The van der Waals surface area contributed by atoms with E-state index in [0.29, 0.717) is 24.7 Å². The molecule has 0 aliphatic rings. The van der Waals surface area contributed by atoms with Gasteiger partial charge in [0.2, 0.25) is 0 Å². The third kappa shape index (κ3) is 3.73. The van der Waals surface area contributed by atoms with E-state index in [1.54, 1.807) is 32.5 Å². The summed E-state index contributed by atoms with van der Waals surface area (Å²) in [6, 6.07) is 3.59. The summed E-state index contributed by atoms with van der Waals surface area (Å²) in [5, 5.41) is 3.11. The SMILES string of the molecule is COCC(CNc1ncccc1N)OC. The molecule has 15 heavy (non-hydrogen) atoms. The molecular weight excluding hydrogens is 194 g/mol. The fraction of sp³-hybridized carbons (Fsp3) is 0.500. The number of rotatable bonds is 6. The van der Waals surface area contributed by atoms with E-state index in [4.69, 9.17) is 15.2 Å². The zero-order chi connectivity index (χ0) is 11.1. The Kier molecular flexibility index (Phi) is 4.86. The molecule has 84 valence electrons. The van der Waals surface area contributed by atoms with E-state index < -0.39 is 0 Å². The van der Waals surface area contributed by atoms with Crippen LogP contribution >= 0.6 is 0 Å². The number of methoxy groups -OCH3 is 2. The van der Waals surface area contributed by atoms with Crippen LogP contribution in [0.1, 0.15) is 0 Å². The minimum atomic E-state index is -0.00333. The predicted molar refractivity (Wildman–Crippen MR) is 59.8 cm³/mol. The zero-order valence-corrected chi connectivity index (χ0v) is 9.06. The highest BCUT2D eigenvalue weighted by molar-refractivity contribution is 5.60. The lowest BCUT2D eigenvalue weighted by atomic mass is 10.3. The van der Waals surface area contributed by atoms with E-state index in [-0.39, 0.29) is 6.10 Å². The lowest BCUT2D eigenvalue weighted by Crippen LogP contribution is -2.27. The Bertz CT molecular complexity index is 294. The van der Waals surface area contributed by atoms with Crippen molar-refractivity contribution in [3.05, 3.63) is 18.3 Å². The summed E-state index contributed by atoms with van der Waals surface area (Å²) < 4.78 is 10.2. The quantitative estimate of drug-likeness (QED) is 0.726. The number of nitrogens with two attached hydrogens (primary N) is 1. The van der Waals surface area contributed by atoms with Gasteiger partial charge in [0.15, 0.2) is 0 Å². The lowest BCUT2D eigenvalue weighted by Gasteiger charge is -2.15. The van der Waals surface area contributed by atoms with Crippen LogP contribution in [0.15, 0.2) is 18.3 Å². The first kappa shape index (κ1) is 11.7. The van der Waals surface area contributed by atoms with Crippen molar-refractivity contribution in [3.63, 3.8) is 0 Å². The summed E-state index contributed by atoms with van der Waals surface area (Å²) in [5.74, 6) is 0.677. The fourth-order valence-corrected chi connectivity index (χ4v) is 1.17. The molecule has 1 aromatic rings. The molecule has 1 aromatic heterocycles. The Morgan fingerprint density at radius 2 is 2.33 bits per heavy atom. The number of anilines is 2. The molecule has 1 rings (SSSR count). The monoisotopic (exact) mass is 211 g/mol. The molecule has 1 unspecified atom stereocenters. The number of ether oxygens (including phenoxy) is 2. The van der Waals surface area contributed by atoms with Crippen LogP contribution < -0.4 is 11.1 Å². The Labute approximate surface area is 89.6 Å². The second-order valence-corrected chi connectivity index (χ2v) is 3.14. The molecule has 0 aromatic carbocycles. The molecule has 5 nitrogen and oxygen atoms in total. The molecule has 0 radical (unpaired) electrons. The highest BCUT2D eigenvalue weighted by Gasteiger charge is 2.07. The third-order valence-electron chi connectivity index (χ3n) is 2.02. The number of aromatic nitrogens is 1. The minimum Gasteiger partial charge on any atom is -0.396 e. The maximum Gasteiger partial charge on any atom is 0.149 e. The molecule has 1 heterocycles. The molecule has 3 N–H and O–H groups in total. The first-order chi connectivity index (χ1) is 7.27. The van der Waals surface area contributed by atoms with Gasteiger partial charge in [0.25, 0.3) is 0 Å². The number of nitrogen functional groups attached to an aromatic ring is 1. The van der Waals surface area contributed by atoms with E-state index in [1.807, 2.05) is 0 Å². The van der Waals surface area contributed by atoms with Gasteiger partial charge in [-0.05, 0) is 12.1 Å². The van der Waals surface area contributed by atoms with Crippen LogP contribution in [0, 0.1) is 0 Å². The molecule has 0 spiro atoms. The highest BCUT2D eigenvalue weighted by atomic mass is 16.5. The molecule has 0 bridgehead atoms. The average Bonchev–Trinajstić information content (AvgIpc) is 2.26. The number of hydrogen-bond acceptors (Lipinski definition) is 5. The summed E-state index contributed by atoms with van der Waals surface area (Å²) in [6.45, 7) is 1.15. The van der Waals surface area contributed by atoms with Gasteiger partial charge in [-0.2, -0.15) is 0 Å². The van der Waals surface area contributed by atoms with Crippen LogP contribution in [0.3, 0.4) is 0 Å². The molecule has 0 aliphatic carbocycles. The van der Waals surface area contributed by atoms with Crippen LogP contribution in [0.2, 0.25) is 0 Å². The van der Waals surface area contributed by atoms with Crippen LogP contribution in [0.25, 0.3) is 0 Å². The molecule has 1 atom stereocenters. The fourth-order valence-electron chi connectivity index (χ4n) is 1.17. The van der Waals surface area contributed by atoms with E-state index in [2.05, 4.69) is 10.3 Å². The van der Waals surface area contributed by atoms with Gasteiger partial charge in [-0.25, -0.2) is 4.98 Å². The Hall–Kier alpha value is -1.33. The minimum absolute atomic E-state index is 0.00333. The Morgan fingerprint density at radius 1 is 1.53 bits per heavy atom. The van der Waals surface area contributed by atoms with Crippen LogP contribution in [0.5, 0.6) is 0 Å². The zero-order valence-electron chi connectivity index (χ0n) is 9.06. The topological polar surface area (TPSA) is 69.4 Å². The van der Waals surface area contributed by atoms with Crippen molar-refractivity contribution in [2.45, 2.75) is 6.10 Å². The molecule has 0 aliphatic heterocycles. The standard InChI is InChI=1S/C10H17N3O2/c1-14-7-8(15-2)6-13-10-9(11)4-3-5-12-10/h3-5,8H,6-7,11H2,1-2H3,(H,12,13). The lowest BCUT2D eigenvalue weighted by molar-refractivity contribution is 0.0365. The highest BCUT2D eigenvalue weighted by Crippen LogP contribution is 2.12. The van der Waals surface area contributed by atoms with Crippen molar-refractivity contribution in [1.82, 2.24) is 4.98 Å². The molecule has 5 heteroatoms. The van der Waals surface area contributed by atoms with E-state index in [1.165, 1.54) is 0 Å². The first-order valence-corrected chi connectivity index (χ1v) is 4.74. The van der Waals surface area contributed by atoms with Crippen molar-refractivity contribution in [2.24, 2.45) is 0 Å². The Balaban J connectivity index is 2.45. The maximum atomic E-state index is 5.73. The summed E-state index contributed by atoms with van der Waals surface area (Å²) in [5.41, 5.74) is 6.35. The molecule has 0 saturated carbocycles. The third-order valence-corrected chi connectivity index (χ3v) is 2.02. The normalized spacial score (nSPS) is 12.4. The van der Waals surface area contributed by atoms with E-state index in [0.717, 1.165) is 0 Å². The number of nitrogens with one attached hydrogen (secondary N) is 1. The van der Waals surface area contributed by atoms with Gasteiger partial charge in [-0.1, -0.05) is 0 Å². The van der Waals surface area contributed by atoms with E-state index >= 15 is 0 Å². The second kappa shape index (κ2) is 6.21. The van der Waals surface area contributed by atoms with Gasteiger partial charge >= 0.3 is 0 Å². The van der Waals surface area contributed by atoms with Gasteiger partial charge in [0, 0.05) is 27.0 Å². The number of hydrogen-bond donors (Lipinski definition) is 2. The van der Waals surface area contributed by atoms with Crippen molar-refractivity contribution in [3.8, 4) is 0 Å². The summed E-state index contributed by atoms with van der Waals surface area (Å²) >= 11 is 0. The van der Waals surface area contributed by atoms with Gasteiger partial charge in [-0.15, -0.1) is 0 Å². The second-order valence-electron chi connectivity index (χ2n) is 3.14. The van der Waals surface area contributed by atoms with Gasteiger partial charge in [0.05, 0.1) is 18.4 Å². The predicted octanol–water partition coefficient (Wildman–Crippen LogP) is 0.737. The van der Waals surface area contributed by atoms with E-state index in [9.17, 15) is 0 Å². The van der Waals surface area contributed by atoms with Gasteiger partial charge in [0.1, 0.15) is 5.82 Å². The number of nitrogens with zero attached hydrogens (tertiary/aromatic N) is 1. The molecule has 0 amide bonds. The smallest absolute Gasteiger partial charge is 0.149 e. The van der Waals surface area contributed by atoms with Gasteiger partial charge in [-0.3, -0.25) is 0 Å². The van der Waals surface area contributed by atoms with Crippen LogP contribution in [-0.2, 0) is 9.47 Å². The largest absolute Gasteiger partial charge is 0.396 e. The van der Waals surface area contributed by atoms with Crippen LogP contribution in [0.4, 0.5) is 11.5 Å². The summed E-state index contributed by atoms with van der Waals surface area (Å²) in [7, 11) is 3.29. The summed E-state index contributed by atoms with van der Waals surface area (Å²) in [6.07, 6.45) is 1.69. The van der Waals surface area contributed by atoms with Crippen molar-refractivity contribution in [2.75, 3.05) is 38.4 Å². The van der Waals surface area contributed by atoms with Crippen molar-refractivity contribution >= 4 is 11.5 Å². The van der Waals surface area contributed by atoms with Crippen molar-refractivity contribution < 1.29 is 9.47 Å². The average molecular weight is 211 g/mol. The number of pyridine rings is 1. The van der Waals surface area contributed by atoms with Crippen LogP contribution in [-0.4, -0.2) is 38.5 Å². The maximum absolute atomic E-state index is 5.73. The molecule has 0 fully saturated rings. The van der Waals surface area contributed by atoms with Gasteiger partial charge < -0.3 is 20.5 Å². The first-order valence-electron chi connectivity index (χ1n) is 4.74. The molecule has 0 saturated heterocycles. The summed E-state index contributed by atoms with van der Waals surface area (Å²) in [4.78, 5) is 4.11. The Morgan fingerprint density at radius 3 is 2.93 bits per heavy atom. The molecular formula is C10H17N3O2.